The van der Waals surface area contributed by atoms with Crippen LogP contribution in [0.5, 0.6) is 23.0 Å². The maximum atomic E-state index is 12.0. The number of aromatic carboxylic acids is 1. The second-order valence-electron chi connectivity index (χ2n) is 5.98. The summed E-state index contributed by atoms with van der Waals surface area (Å²) in [6.45, 7) is 1.96. The van der Waals surface area contributed by atoms with E-state index in [1.807, 2.05) is 22.9 Å². The topological polar surface area (TPSA) is 74.2 Å². The Morgan fingerprint density at radius 3 is 2.11 bits per heavy atom. The zero-order valence-electron chi connectivity index (χ0n) is 14.0. The van der Waals surface area contributed by atoms with Crippen molar-refractivity contribution in [3.8, 4) is 43.9 Å². The summed E-state index contributed by atoms with van der Waals surface area (Å²) in [5.41, 5.74) is 1.62. The highest BCUT2D eigenvalue weighted by atomic mass is 32.1. The van der Waals surface area contributed by atoms with Gasteiger partial charge < -0.3 is 24.1 Å². The van der Waals surface area contributed by atoms with Crippen molar-refractivity contribution in [1.29, 1.82) is 0 Å². The molecule has 0 fully saturated rings. The fourth-order valence-corrected chi connectivity index (χ4v) is 5.07. The van der Waals surface area contributed by atoms with Crippen LogP contribution in [0, 0.1) is 0 Å². The number of benzene rings is 1. The maximum absolute atomic E-state index is 12.0. The van der Waals surface area contributed by atoms with Crippen LogP contribution < -0.4 is 18.9 Å². The van der Waals surface area contributed by atoms with Gasteiger partial charge in [-0.3, -0.25) is 0 Å². The zero-order chi connectivity index (χ0) is 18.4. The third kappa shape index (κ3) is 2.72. The monoisotopic (exact) mass is 402 g/mol. The number of fused-ring (bicyclic) bond motifs is 2. The van der Waals surface area contributed by atoms with Crippen molar-refractivity contribution in [2.24, 2.45) is 0 Å². The molecule has 8 heteroatoms. The standard InChI is InChI=1S/C19H14O6S2/c20-19(21)12-7-10(17-15-13(8-26-17)22-3-5-24-15)1-2-11(12)18-16-14(9-27-18)23-4-6-25-16/h1-2,7-9H,3-6H2,(H,20,21). The summed E-state index contributed by atoms with van der Waals surface area (Å²) < 4.78 is 22.6. The Morgan fingerprint density at radius 1 is 0.852 bits per heavy atom. The molecule has 0 spiro atoms. The van der Waals surface area contributed by atoms with Gasteiger partial charge in [-0.25, -0.2) is 4.79 Å². The van der Waals surface area contributed by atoms with E-state index in [9.17, 15) is 9.90 Å². The van der Waals surface area contributed by atoms with Crippen LogP contribution >= 0.6 is 22.7 Å². The lowest BCUT2D eigenvalue weighted by atomic mass is 10.0. The number of rotatable bonds is 3. The quantitative estimate of drug-likeness (QED) is 0.701. The molecule has 138 valence electrons. The van der Waals surface area contributed by atoms with Crippen molar-refractivity contribution in [3.05, 3.63) is 34.5 Å². The third-order valence-electron chi connectivity index (χ3n) is 4.36. The van der Waals surface area contributed by atoms with E-state index in [1.54, 1.807) is 6.07 Å². The Balaban J connectivity index is 1.62. The highest BCUT2D eigenvalue weighted by Gasteiger charge is 2.25. The molecule has 0 bridgehead atoms. The summed E-state index contributed by atoms with van der Waals surface area (Å²) in [4.78, 5) is 13.6. The lowest BCUT2D eigenvalue weighted by Crippen LogP contribution is -2.14. The van der Waals surface area contributed by atoms with Crippen LogP contribution in [0.25, 0.3) is 20.9 Å². The minimum atomic E-state index is -0.992. The molecule has 5 rings (SSSR count). The fourth-order valence-electron chi connectivity index (χ4n) is 3.17. The second-order valence-corrected chi connectivity index (χ2v) is 7.74. The maximum Gasteiger partial charge on any atom is 0.336 e. The molecule has 0 aliphatic carbocycles. The molecular weight excluding hydrogens is 388 g/mol. The number of thiophene rings is 2. The lowest BCUT2D eigenvalue weighted by Gasteiger charge is -2.17. The number of hydrogen-bond donors (Lipinski definition) is 1. The molecule has 0 saturated carbocycles. The summed E-state index contributed by atoms with van der Waals surface area (Å²) in [5.74, 6) is 1.68. The van der Waals surface area contributed by atoms with Crippen LogP contribution in [0.4, 0.5) is 0 Å². The zero-order valence-corrected chi connectivity index (χ0v) is 15.7. The van der Waals surface area contributed by atoms with Gasteiger partial charge in [0.05, 0.1) is 15.3 Å². The Hall–Kier alpha value is -2.71. The van der Waals surface area contributed by atoms with E-state index in [4.69, 9.17) is 18.9 Å². The number of hydrogen-bond acceptors (Lipinski definition) is 7. The molecule has 0 unspecified atom stereocenters. The third-order valence-corrected chi connectivity index (χ3v) is 6.32. The van der Waals surface area contributed by atoms with Gasteiger partial charge in [-0.05, 0) is 11.6 Å². The number of carboxylic acid groups (broad SMARTS) is 1. The van der Waals surface area contributed by atoms with E-state index in [1.165, 1.54) is 22.7 Å². The van der Waals surface area contributed by atoms with Gasteiger partial charge in [0.25, 0.3) is 0 Å². The molecule has 0 radical (unpaired) electrons. The van der Waals surface area contributed by atoms with Crippen molar-refractivity contribution in [2.45, 2.75) is 0 Å². The number of ether oxygens (including phenoxy) is 4. The van der Waals surface area contributed by atoms with Crippen LogP contribution in [0.15, 0.2) is 29.0 Å². The first-order chi connectivity index (χ1) is 13.2. The second kappa shape index (κ2) is 6.47. The van der Waals surface area contributed by atoms with Crippen molar-refractivity contribution >= 4 is 28.6 Å². The lowest BCUT2D eigenvalue weighted by molar-refractivity contribution is 0.0698. The Labute approximate surface area is 162 Å². The highest BCUT2D eigenvalue weighted by molar-refractivity contribution is 7.14. The summed E-state index contributed by atoms with van der Waals surface area (Å²) in [5, 5.41) is 13.5. The van der Waals surface area contributed by atoms with Gasteiger partial charge in [-0.2, -0.15) is 0 Å². The smallest absolute Gasteiger partial charge is 0.336 e. The Bertz CT molecular complexity index is 1030. The Morgan fingerprint density at radius 2 is 1.44 bits per heavy atom. The summed E-state index contributed by atoms with van der Waals surface area (Å²) in [6.07, 6.45) is 0. The first-order valence-corrected chi connectivity index (χ1v) is 10.1. The molecule has 3 aromatic rings. The Kier molecular flexibility index (Phi) is 3.95. The van der Waals surface area contributed by atoms with Crippen LogP contribution in [-0.4, -0.2) is 37.5 Å². The fraction of sp³-hybridized carbons (Fsp3) is 0.211. The predicted molar refractivity (Wildman–Crippen MR) is 102 cm³/mol. The molecule has 1 N–H and O–H groups in total. The van der Waals surface area contributed by atoms with Gasteiger partial charge in [-0.15, -0.1) is 22.7 Å². The summed E-state index contributed by atoms with van der Waals surface area (Å²) in [7, 11) is 0. The van der Waals surface area contributed by atoms with Crippen molar-refractivity contribution < 1.29 is 28.8 Å². The van der Waals surface area contributed by atoms with E-state index in [0.29, 0.717) is 55.0 Å². The largest absolute Gasteiger partial charge is 0.485 e. The molecule has 2 aliphatic rings. The van der Waals surface area contributed by atoms with E-state index in [0.717, 1.165) is 15.3 Å². The van der Waals surface area contributed by atoms with Gasteiger partial charge in [0.1, 0.15) is 26.4 Å². The molecule has 2 aliphatic heterocycles. The molecular formula is C19H14O6S2. The molecule has 2 aromatic heterocycles. The van der Waals surface area contributed by atoms with Gasteiger partial charge in [0, 0.05) is 16.3 Å². The van der Waals surface area contributed by atoms with Crippen molar-refractivity contribution in [2.75, 3.05) is 26.4 Å². The average Bonchev–Trinajstić information content (AvgIpc) is 3.32. The SMILES string of the molecule is O=C(O)c1cc(-c2scc3c2OCCO3)ccc1-c1scc2c1OCCO2. The van der Waals surface area contributed by atoms with E-state index < -0.39 is 5.97 Å². The van der Waals surface area contributed by atoms with Crippen molar-refractivity contribution in [3.63, 3.8) is 0 Å². The van der Waals surface area contributed by atoms with E-state index in [-0.39, 0.29) is 5.56 Å². The van der Waals surface area contributed by atoms with Crippen LogP contribution in [-0.2, 0) is 0 Å². The van der Waals surface area contributed by atoms with Gasteiger partial charge in [-0.1, -0.05) is 12.1 Å². The number of carboxylic acids is 1. The molecule has 1 aromatic carbocycles. The molecule has 0 saturated heterocycles. The minimum absolute atomic E-state index is 0.213. The van der Waals surface area contributed by atoms with Crippen molar-refractivity contribution in [1.82, 2.24) is 0 Å². The summed E-state index contributed by atoms with van der Waals surface area (Å²) in [6, 6.07) is 5.40. The molecule has 6 nitrogen and oxygen atoms in total. The summed E-state index contributed by atoms with van der Waals surface area (Å²) >= 11 is 2.90. The highest BCUT2D eigenvalue weighted by Crippen LogP contribution is 2.49. The normalized spacial score (nSPS) is 14.8. The van der Waals surface area contributed by atoms with Gasteiger partial charge in [0.15, 0.2) is 23.0 Å². The molecule has 0 amide bonds. The predicted octanol–water partition coefficient (Wildman–Crippen LogP) is 4.38. The van der Waals surface area contributed by atoms with E-state index >= 15 is 0 Å². The minimum Gasteiger partial charge on any atom is -0.485 e. The van der Waals surface area contributed by atoms with E-state index in [2.05, 4.69) is 0 Å². The molecule has 0 atom stereocenters. The first-order valence-electron chi connectivity index (χ1n) is 8.34. The number of carbonyl (C=O) groups is 1. The van der Waals surface area contributed by atoms with Crippen LogP contribution in [0.2, 0.25) is 0 Å². The van der Waals surface area contributed by atoms with Gasteiger partial charge in [0.2, 0.25) is 0 Å². The van der Waals surface area contributed by atoms with Crippen LogP contribution in [0.3, 0.4) is 0 Å². The van der Waals surface area contributed by atoms with Crippen LogP contribution in [0.1, 0.15) is 10.4 Å². The molecule has 27 heavy (non-hydrogen) atoms. The first kappa shape index (κ1) is 16.5. The van der Waals surface area contributed by atoms with Gasteiger partial charge >= 0.3 is 5.97 Å². The molecule has 4 heterocycles. The average molecular weight is 402 g/mol.